The summed E-state index contributed by atoms with van der Waals surface area (Å²) in [6.45, 7) is 11.8. The lowest BCUT2D eigenvalue weighted by Gasteiger charge is -2.59. The van der Waals surface area contributed by atoms with E-state index in [1.807, 2.05) is 0 Å². The predicted molar refractivity (Wildman–Crippen MR) is 124 cm³/mol. The van der Waals surface area contributed by atoms with Crippen molar-refractivity contribution in [3.63, 3.8) is 0 Å². The maximum absolute atomic E-state index is 13.8. The van der Waals surface area contributed by atoms with Crippen LogP contribution in [0.5, 0.6) is 0 Å². The molecule has 4 heteroatoms. The van der Waals surface area contributed by atoms with Gasteiger partial charge in [-0.25, -0.2) is 0 Å². The lowest BCUT2D eigenvalue weighted by Crippen LogP contribution is -2.63. The maximum atomic E-state index is 13.8. The summed E-state index contributed by atoms with van der Waals surface area (Å²) in [5.74, 6) is 2.76. The van der Waals surface area contributed by atoms with Crippen LogP contribution in [0.1, 0.15) is 105 Å². The first-order valence-electron chi connectivity index (χ1n) is 13.3. The molecule has 9 atom stereocenters. The molecule has 31 heavy (non-hydrogen) atoms. The number of carbonyl (C=O) groups is 1. The predicted octanol–water partition coefficient (Wildman–Crippen LogP) is 6.93. The summed E-state index contributed by atoms with van der Waals surface area (Å²) in [5, 5.41) is 12.1. The zero-order chi connectivity index (χ0) is 22.6. The Morgan fingerprint density at radius 3 is 2.32 bits per heavy atom. The third-order valence-electron chi connectivity index (χ3n) is 10.9. The number of Topliss-reactive ketones (excluding diaryl/α,β-unsaturated/α-hetero) is 1. The van der Waals surface area contributed by atoms with Crippen LogP contribution in [0.2, 0.25) is 0 Å². The minimum Gasteiger partial charge on any atom is -0.292 e. The fourth-order valence-corrected chi connectivity index (χ4v) is 9.31. The fraction of sp³-hybridized carbons (Fsp3) is 0.963. The topological polar surface area (TPSA) is 60.2 Å². The van der Waals surface area contributed by atoms with E-state index in [1.54, 1.807) is 0 Å². The van der Waals surface area contributed by atoms with Crippen molar-refractivity contribution >= 4 is 5.78 Å². The molecule has 4 aliphatic carbocycles. The van der Waals surface area contributed by atoms with Gasteiger partial charge in [0, 0.05) is 16.8 Å². The molecule has 0 aromatic carbocycles. The molecule has 4 nitrogen and oxygen atoms in total. The molecule has 0 saturated heterocycles. The zero-order valence-corrected chi connectivity index (χ0v) is 20.6. The molecule has 4 fully saturated rings. The summed E-state index contributed by atoms with van der Waals surface area (Å²) >= 11 is 0. The molecule has 0 unspecified atom stereocenters. The summed E-state index contributed by atoms with van der Waals surface area (Å²) in [4.78, 5) is 25.7. The minimum atomic E-state index is -0.948. The summed E-state index contributed by atoms with van der Waals surface area (Å²) in [7, 11) is 0. The van der Waals surface area contributed by atoms with E-state index in [0.29, 0.717) is 23.7 Å². The highest BCUT2D eigenvalue weighted by Crippen LogP contribution is 2.67. The third-order valence-corrected chi connectivity index (χ3v) is 10.9. The van der Waals surface area contributed by atoms with Gasteiger partial charge in [-0.05, 0) is 78.9 Å². The molecule has 0 heterocycles. The average Bonchev–Trinajstić information content (AvgIpc) is 3.05. The van der Waals surface area contributed by atoms with E-state index in [4.69, 9.17) is 0 Å². The van der Waals surface area contributed by atoms with Crippen LogP contribution in [0.25, 0.3) is 0 Å². The number of nitro groups is 1. The summed E-state index contributed by atoms with van der Waals surface area (Å²) in [6, 6.07) is -0.948. The van der Waals surface area contributed by atoms with Crippen molar-refractivity contribution in [2.24, 2.45) is 52.3 Å². The molecule has 0 amide bonds. The second-order valence-electron chi connectivity index (χ2n) is 12.8. The van der Waals surface area contributed by atoms with Crippen LogP contribution < -0.4 is 0 Å². The van der Waals surface area contributed by atoms with Crippen LogP contribution in [0.15, 0.2) is 0 Å². The maximum Gasteiger partial charge on any atom is 0.273 e. The normalized spacial score (nSPS) is 45.7. The SMILES string of the molecule is CC(C)CCC[C@@H](C)[C@@H]1CC[C@@H]2[C@@H]3C(=O)[C@H]([N+](=O)[O-])[C@H]4CCCC[C@]4(C)[C@@H]3CC[C@]21C. The van der Waals surface area contributed by atoms with Gasteiger partial charge in [0.25, 0.3) is 6.04 Å². The number of rotatable bonds is 6. The van der Waals surface area contributed by atoms with Crippen LogP contribution in [0.3, 0.4) is 0 Å². The van der Waals surface area contributed by atoms with E-state index in [0.717, 1.165) is 38.0 Å². The largest absolute Gasteiger partial charge is 0.292 e. The monoisotopic (exact) mass is 431 g/mol. The Kier molecular flexibility index (Phi) is 6.33. The Morgan fingerprint density at radius 2 is 1.65 bits per heavy atom. The molecule has 0 aliphatic heterocycles. The van der Waals surface area contributed by atoms with Crippen LogP contribution in [-0.4, -0.2) is 16.7 Å². The number of nitrogens with zero attached hydrogens (tertiary/aromatic N) is 1. The lowest BCUT2D eigenvalue weighted by atomic mass is 9.43. The van der Waals surface area contributed by atoms with Gasteiger partial charge >= 0.3 is 0 Å². The second kappa shape index (κ2) is 8.45. The van der Waals surface area contributed by atoms with Crippen molar-refractivity contribution < 1.29 is 9.72 Å². The van der Waals surface area contributed by atoms with Crippen molar-refractivity contribution in [2.75, 3.05) is 0 Å². The quantitative estimate of drug-likeness (QED) is 0.338. The number of fused-ring (bicyclic) bond motifs is 5. The third kappa shape index (κ3) is 3.68. The van der Waals surface area contributed by atoms with Gasteiger partial charge in [-0.1, -0.05) is 66.7 Å². The van der Waals surface area contributed by atoms with Crippen LogP contribution in [0, 0.1) is 62.4 Å². The molecule has 4 saturated carbocycles. The van der Waals surface area contributed by atoms with Crippen LogP contribution >= 0.6 is 0 Å². The van der Waals surface area contributed by atoms with Crippen molar-refractivity contribution in [1.29, 1.82) is 0 Å². The Morgan fingerprint density at radius 1 is 0.935 bits per heavy atom. The molecule has 0 spiro atoms. The van der Waals surface area contributed by atoms with Crippen molar-refractivity contribution in [1.82, 2.24) is 0 Å². The first-order chi connectivity index (χ1) is 14.6. The van der Waals surface area contributed by atoms with Crippen LogP contribution in [-0.2, 0) is 4.79 Å². The molecular weight excluding hydrogens is 386 g/mol. The highest BCUT2D eigenvalue weighted by molar-refractivity contribution is 5.87. The summed E-state index contributed by atoms with van der Waals surface area (Å²) < 4.78 is 0. The standard InChI is InChI=1S/C27H45NO3/c1-17(2)9-8-10-18(3)19-12-13-20-23-21(14-16-27(19,20)5)26(4)15-7-6-11-22(26)24(25(23)29)28(30)31/h17-24H,6-16H2,1-5H3/t18-,19+,20-,21-,22-,23+,24-,26-,27+/m1/s1. The van der Waals surface area contributed by atoms with Gasteiger partial charge in [0.15, 0.2) is 0 Å². The first kappa shape index (κ1) is 23.2. The Hall–Kier alpha value is -0.930. The molecule has 4 aliphatic rings. The van der Waals surface area contributed by atoms with Gasteiger partial charge < -0.3 is 0 Å². The van der Waals surface area contributed by atoms with Gasteiger partial charge in [-0.2, -0.15) is 0 Å². The number of carbonyl (C=O) groups excluding carboxylic acids is 1. The smallest absolute Gasteiger partial charge is 0.273 e. The zero-order valence-electron chi connectivity index (χ0n) is 20.6. The van der Waals surface area contributed by atoms with Gasteiger partial charge in [-0.15, -0.1) is 0 Å². The molecule has 0 bridgehead atoms. The van der Waals surface area contributed by atoms with E-state index < -0.39 is 6.04 Å². The van der Waals surface area contributed by atoms with Gasteiger partial charge in [0.05, 0.1) is 0 Å². The second-order valence-corrected chi connectivity index (χ2v) is 12.8. The molecule has 0 radical (unpaired) electrons. The number of hydrogen-bond acceptors (Lipinski definition) is 3. The average molecular weight is 432 g/mol. The van der Waals surface area contributed by atoms with Gasteiger partial charge in [0.1, 0.15) is 0 Å². The Labute approximate surface area is 189 Å². The summed E-state index contributed by atoms with van der Waals surface area (Å²) in [5.41, 5.74) is 0.171. The van der Waals surface area contributed by atoms with E-state index in [9.17, 15) is 14.9 Å². The van der Waals surface area contributed by atoms with Crippen molar-refractivity contribution in [3.8, 4) is 0 Å². The van der Waals surface area contributed by atoms with Gasteiger partial charge in [0.2, 0.25) is 5.78 Å². The highest BCUT2D eigenvalue weighted by Gasteiger charge is 2.67. The fourth-order valence-electron chi connectivity index (χ4n) is 9.31. The molecule has 4 rings (SSSR count). The first-order valence-corrected chi connectivity index (χ1v) is 13.3. The number of ketones is 1. The minimum absolute atomic E-state index is 0.0170. The van der Waals surface area contributed by atoms with E-state index >= 15 is 0 Å². The number of hydrogen-bond donors (Lipinski definition) is 0. The highest BCUT2D eigenvalue weighted by atomic mass is 16.6. The van der Waals surface area contributed by atoms with Crippen molar-refractivity contribution in [2.45, 2.75) is 111 Å². The van der Waals surface area contributed by atoms with Crippen molar-refractivity contribution in [3.05, 3.63) is 10.1 Å². The molecule has 0 N–H and O–H groups in total. The molecular formula is C27H45NO3. The Balaban J connectivity index is 1.60. The van der Waals surface area contributed by atoms with Gasteiger partial charge in [-0.3, -0.25) is 14.9 Å². The molecule has 0 aromatic heterocycles. The van der Waals surface area contributed by atoms with E-state index in [1.165, 1.54) is 38.5 Å². The summed E-state index contributed by atoms with van der Waals surface area (Å²) in [6.07, 6.45) is 12.7. The van der Waals surface area contributed by atoms with E-state index in [2.05, 4.69) is 34.6 Å². The van der Waals surface area contributed by atoms with Crippen LogP contribution in [0.4, 0.5) is 0 Å². The Bertz CT molecular complexity index is 705. The lowest BCUT2D eigenvalue weighted by molar-refractivity contribution is -0.526. The molecule has 176 valence electrons. The molecule has 0 aromatic rings. The van der Waals surface area contributed by atoms with E-state index in [-0.39, 0.29) is 33.4 Å².